The Hall–Kier alpha value is -1.68. The SMILES string of the molecule is CCN(CC)CCCC(C)NC(=NC)NCCN1C(=O)c2ccccc2C1=O.I. The molecule has 1 aromatic carbocycles. The van der Waals surface area contributed by atoms with E-state index in [9.17, 15) is 9.59 Å². The summed E-state index contributed by atoms with van der Waals surface area (Å²) in [4.78, 5) is 32.7. The van der Waals surface area contributed by atoms with Gasteiger partial charge in [-0.25, -0.2) is 0 Å². The van der Waals surface area contributed by atoms with Crippen LogP contribution >= 0.6 is 24.0 Å². The number of amides is 2. The first-order valence-electron chi connectivity index (χ1n) is 10.2. The Bertz CT molecular complexity index is 671. The second-order valence-electron chi connectivity index (χ2n) is 7.02. The van der Waals surface area contributed by atoms with Crippen LogP contribution in [0.15, 0.2) is 29.3 Å². The Labute approximate surface area is 191 Å². The molecule has 1 heterocycles. The summed E-state index contributed by atoms with van der Waals surface area (Å²) in [5, 5.41) is 6.57. The zero-order valence-electron chi connectivity index (χ0n) is 17.9. The molecule has 1 aliphatic rings. The third-order valence-corrected chi connectivity index (χ3v) is 5.12. The number of fused-ring (bicyclic) bond motifs is 1. The maximum Gasteiger partial charge on any atom is 0.261 e. The number of nitrogens with zero attached hydrogens (tertiary/aromatic N) is 3. The molecule has 0 aliphatic carbocycles. The van der Waals surface area contributed by atoms with Crippen LogP contribution in [0.4, 0.5) is 0 Å². The summed E-state index contributed by atoms with van der Waals surface area (Å²) in [6.07, 6.45) is 2.18. The second-order valence-corrected chi connectivity index (χ2v) is 7.02. The summed E-state index contributed by atoms with van der Waals surface area (Å²) in [6, 6.07) is 7.24. The van der Waals surface area contributed by atoms with Crippen molar-refractivity contribution >= 4 is 41.8 Å². The molecule has 1 aliphatic heterocycles. The van der Waals surface area contributed by atoms with Gasteiger partial charge in [0.2, 0.25) is 0 Å². The van der Waals surface area contributed by atoms with Crippen molar-refractivity contribution in [3.05, 3.63) is 35.4 Å². The third-order valence-electron chi connectivity index (χ3n) is 5.12. The lowest BCUT2D eigenvalue weighted by molar-refractivity contribution is 0.0657. The number of guanidine groups is 1. The van der Waals surface area contributed by atoms with E-state index in [4.69, 9.17) is 0 Å². The lowest BCUT2D eigenvalue weighted by Gasteiger charge is -2.21. The van der Waals surface area contributed by atoms with Crippen molar-refractivity contribution in [1.29, 1.82) is 0 Å². The van der Waals surface area contributed by atoms with E-state index in [1.54, 1.807) is 31.3 Å². The highest BCUT2D eigenvalue weighted by atomic mass is 127. The molecule has 1 atom stereocenters. The molecule has 29 heavy (non-hydrogen) atoms. The number of rotatable bonds is 10. The molecule has 7 nitrogen and oxygen atoms in total. The Morgan fingerprint density at radius 2 is 1.72 bits per heavy atom. The molecule has 162 valence electrons. The summed E-state index contributed by atoms with van der Waals surface area (Å²) in [6.45, 7) is 10.5. The summed E-state index contributed by atoms with van der Waals surface area (Å²) in [5.41, 5.74) is 0.966. The zero-order valence-corrected chi connectivity index (χ0v) is 20.2. The number of carbonyl (C=O) groups excluding carboxylic acids is 2. The highest BCUT2D eigenvalue weighted by Gasteiger charge is 2.34. The molecule has 0 fully saturated rings. The number of aliphatic imine (C=N–C) groups is 1. The van der Waals surface area contributed by atoms with Crippen molar-refractivity contribution in [3.63, 3.8) is 0 Å². The van der Waals surface area contributed by atoms with Gasteiger partial charge in [0.25, 0.3) is 11.8 Å². The van der Waals surface area contributed by atoms with Gasteiger partial charge in [-0.2, -0.15) is 0 Å². The number of imide groups is 1. The average molecular weight is 515 g/mol. The first kappa shape index (κ1) is 25.4. The van der Waals surface area contributed by atoms with Gasteiger partial charge in [-0.15, -0.1) is 24.0 Å². The van der Waals surface area contributed by atoms with Crippen LogP contribution in [-0.2, 0) is 0 Å². The van der Waals surface area contributed by atoms with Crippen molar-refractivity contribution in [3.8, 4) is 0 Å². The van der Waals surface area contributed by atoms with Crippen LogP contribution in [0.5, 0.6) is 0 Å². The standard InChI is InChI=1S/C21H33N5O2.HI/c1-5-25(6-2)14-9-10-16(3)24-21(22-4)23-13-15-26-19(27)17-11-7-8-12-18(17)20(26)28;/h7-8,11-12,16H,5-6,9-10,13-15H2,1-4H3,(H2,22,23,24);1H. The van der Waals surface area contributed by atoms with Crippen molar-refractivity contribution in [1.82, 2.24) is 20.4 Å². The van der Waals surface area contributed by atoms with Crippen LogP contribution in [0, 0.1) is 0 Å². The molecule has 0 bridgehead atoms. The van der Waals surface area contributed by atoms with E-state index in [1.165, 1.54) is 4.90 Å². The van der Waals surface area contributed by atoms with E-state index in [1.807, 2.05) is 0 Å². The minimum absolute atomic E-state index is 0. The first-order chi connectivity index (χ1) is 13.5. The van der Waals surface area contributed by atoms with Crippen LogP contribution in [0.1, 0.15) is 54.3 Å². The highest BCUT2D eigenvalue weighted by Crippen LogP contribution is 2.21. The van der Waals surface area contributed by atoms with Crippen LogP contribution < -0.4 is 10.6 Å². The number of halogens is 1. The molecule has 2 N–H and O–H groups in total. The zero-order chi connectivity index (χ0) is 20.5. The number of hydrogen-bond acceptors (Lipinski definition) is 4. The molecule has 0 aromatic heterocycles. The fourth-order valence-electron chi connectivity index (χ4n) is 3.39. The fourth-order valence-corrected chi connectivity index (χ4v) is 3.39. The molecule has 0 saturated heterocycles. The normalized spacial score (nSPS) is 14.7. The lowest BCUT2D eigenvalue weighted by atomic mass is 10.1. The minimum Gasteiger partial charge on any atom is -0.355 e. The lowest BCUT2D eigenvalue weighted by Crippen LogP contribution is -2.45. The maximum absolute atomic E-state index is 12.4. The minimum atomic E-state index is -0.227. The van der Waals surface area contributed by atoms with Crippen LogP contribution in [-0.4, -0.2) is 73.4 Å². The molecule has 0 spiro atoms. The number of hydrogen-bond donors (Lipinski definition) is 2. The molecular formula is C21H34IN5O2. The van der Waals surface area contributed by atoms with E-state index in [2.05, 4.69) is 41.3 Å². The highest BCUT2D eigenvalue weighted by molar-refractivity contribution is 14.0. The van der Waals surface area contributed by atoms with Gasteiger partial charge in [-0.3, -0.25) is 19.5 Å². The molecule has 0 radical (unpaired) electrons. The number of benzene rings is 1. The Balaban J connectivity index is 0.00000420. The van der Waals surface area contributed by atoms with Gasteiger partial charge in [0.05, 0.1) is 11.1 Å². The van der Waals surface area contributed by atoms with E-state index >= 15 is 0 Å². The first-order valence-corrected chi connectivity index (χ1v) is 10.2. The van der Waals surface area contributed by atoms with Gasteiger partial charge in [0, 0.05) is 26.2 Å². The molecule has 1 aromatic rings. The molecule has 0 saturated carbocycles. The molecule has 2 rings (SSSR count). The second kappa shape index (κ2) is 12.8. The van der Waals surface area contributed by atoms with Gasteiger partial charge in [0.15, 0.2) is 5.96 Å². The van der Waals surface area contributed by atoms with Crippen LogP contribution in [0.2, 0.25) is 0 Å². The smallest absolute Gasteiger partial charge is 0.261 e. The fraction of sp³-hybridized carbons (Fsp3) is 0.571. The summed E-state index contributed by atoms with van der Waals surface area (Å²) < 4.78 is 0. The third kappa shape index (κ3) is 6.95. The maximum atomic E-state index is 12.4. The Morgan fingerprint density at radius 1 is 1.14 bits per heavy atom. The van der Waals surface area contributed by atoms with E-state index in [0.717, 1.165) is 32.5 Å². The average Bonchev–Trinajstić information content (AvgIpc) is 2.95. The summed E-state index contributed by atoms with van der Waals surface area (Å²) in [5.74, 6) is 0.234. The molecule has 2 amide bonds. The van der Waals surface area contributed by atoms with Crippen LogP contribution in [0.3, 0.4) is 0 Å². The molecular weight excluding hydrogens is 481 g/mol. The monoisotopic (exact) mass is 515 g/mol. The predicted molar refractivity (Wildman–Crippen MR) is 128 cm³/mol. The number of carbonyl (C=O) groups is 2. The van der Waals surface area contributed by atoms with Gasteiger partial charge in [-0.1, -0.05) is 26.0 Å². The largest absolute Gasteiger partial charge is 0.355 e. The quantitative estimate of drug-likeness (QED) is 0.217. The summed E-state index contributed by atoms with van der Waals surface area (Å²) in [7, 11) is 1.72. The number of nitrogens with one attached hydrogen (secondary N) is 2. The Kier molecular flexibility index (Phi) is 11.2. The predicted octanol–water partition coefficient (Wildman–Crippen LogP) is 2.58. The van der Waals surface area contributed by atoms with Gasteiger partial charge in [0.1, 0.15) is 0 Å². The van der Waals surface area contributed by atoms with E-state index in [-0.39, 0.29) is 35.8 Å². The van der Waals surface area contributed by atoms with Gasteiger partial charge in [-0.05, 0) is 51.5 Å². The Morgan fingerprint density at radius 3 is 2.24 bits per heavy atom. The summed E-state index contributed by atoms with van der Waals surface area (Å²) >= 11 is 0. The van der Waals surface area contributed by atoms with Crippen molar-refractivity contribution in [2.45, 2.75) is 39.7 Å². The van der Waals surface area contributed by atoms with Gasteiger partial charge < -0.3 is 15.5 Å². The molecule has 8 heteroatoms. The van der Waals surface area contributed by atoms with E-state index < -0.39 is 0 Å². The van der Waals surface area contributed by atoms with Crippen LogP contribution in [0.25, 0.3) is 0 Å². The van der Waals surface area contributed by atoms with Crippen molar-refractivity contribution in [2.75, 3.05) is 39.8 Å². The van der Waals surface area contributed by atoms with Crippen molar-refractivity contribution in [2.24, 2.45) is 4.99 Å². The van der Waals surface area contributed by atoms with E-state index in [0.29, 0.717) is 36.2 Å². The topological polar surface area (TPSA) is 77.0 Å². The molecule has 1 unspecified atom stereocenters. The van der Waals surface area contributed by atoms with Crippen molar-refractivity contribution < 1.29 is 9.59 Å². The van der Waals surface area contributed by atoms with Gasteiger partial charge >= 0.3 is 0 Å².